The Bertz CT molecular complexity index is 1120. The molecule has 1 spiro atoms. The van der Waals surface area contributed by atoms with Crippen molar-refractivity contribution in [1.29, 1.82) is 0 Å². The third-order valence-electron chi connectivity index (χ3n) is 5.80. The predicted molar refractivity (Wildman–Crippen MR) is 109 cm³/mol. The topological polar surface area (TPSA) is 110 Å². The second-order valence-corrected chi connectivity index (χ2v) is 11.8. The monoisotopic (exact) mass is 545 g/mol. The second-order valence-electron chi connectivity index (χ2n) is 8.34. The summed E-state index contributed by atoms with van der Waals surface area (Å²) >= 11 is 3.39. The number of hydrogen-bond acceptors (Lipinski definition) is 4. The molecular weight excluding hydrogens is 529 g/mol. The zero-order valence-corrected chi connectivity index (χ0v) is 19.0. The molecule has 1 aromatic carbocycles. The largest absolute Gasteiger partial charge is 0.492 e. The summed E-state index contributed by atoms with van der Waals surface area (Å²) in [6.07, 6.45) is 0.848. The molecule has 1 amide bonds. The third kappa shape index (κ3) is 3.90. The van der Waals surface area contributed by atoms with Crippen LogP contribution in [0.4, 0.5) is 17.6 Å². The summed E-state index contributed by atoms with van der Waals surface area (Å²) in [5, 5.41) is 0.100. The quantitative estimate of drug-likeness (QED) is 0.341. The molecule has 31 heavy (non-hydrogen) atoms. The molecule has 2 fully saturated rings. The molecule has 4 rings (SSSR count). The van der Waals surface area contributed by atoms with Crippen LogP contribution in [0.5, 0.6) is 5.75 Å². The van der Waals surface area contributed by atoms with Gasteiger partial charge < -0.3 is 20.3 Å². The standard InChI is InChI=1S/C18H17BrF4NO5PS/c19-12-10-1-9(15(24)25)2-11(13(10)31-14(12)18(22,23)30(26,27)28)29-5-8-3-16(4-8)6-17(20,21)7-16/h1-2,8H,3-7H2,(H2,24,25)(H2,26,27,28). The smallest absolute Gasteiger partial charge is 0.400 e. The normalized spacial score (nSPS) is 20.5. The van der Waals surface area contributed by atoms with Crippen LogP contribution >= 0.6 is 34.9 Å². The number of halogens is 5. The van der Waals surface area contributed by atoms with Gasteiger partial charge in [-0.2, -0.15) is 8.78 Å². The zero-order valence-electron chi connectivity index (χ0n) is 15.7. The Morgan fingerprint density at radius 2 is 1.94 bits per heavy atom. The van der Waals surface area contributed by atoms with E-state index in [0.29, 0.717) is 24.2 Å². The van der Waals surface area contributed by atoms with Gasteiger partial charge in [0.2, 0.25) is 11.8 Å². The van der Waals surface area contributed by atoms with Crippen LogP contribution in [-0.2, 0) is 10.2 Å². The van der Waals surface area contributed by atoms with Crippen molar-refractivity contribution in [3.8, 4) is 5.75 Å². The molecule has 0 saturated heterocycles. The van der Waals surface area contributed by atoms with Gasteiger partial charge in [-0.3, -0.25) is 9.36 Å². The maximum Gasteiger partial charge on any atom is 0.400 e. The fraction of sp³-hybridized carbons (Fsp3) is 0.500. The van der Waals surface area contributed by atoms with Crippen LogP contribution in [0, 0.1) is 11.3 Å². The van der Waals surface area contributed by atoms with Gasteiger partial charge in [-0.25, -0.2) is 8.78 Å². The molecule has 1 aromatic heterocycles. The minimum absolute atomic E-state index is 0.00259. The van der Waals surface area contributed by atoms with E-state index in [2.05, 4.69) is 15.9 Å². The van der Waals surface area contributed by atoms with Crippen molar-refractivity contribution >= 4 is 50.9 Å². The Balaban J connectivity index is 1.63. The first kappa shape index (κ1) is 23.0. The van der Waals surface area contributed by atoms with Gasteiger partial charge in [0, 0.05) is 28.3 Å². The van der Waals surface area contributed by atoms with Gasteiger partial charge in [-0.05, 0) is 52.2 Å². The number of hydrogen-bond donors (Lipinski definition) is 3. The maximum absolute atomic E-state index is 14.3. The molecule has 0 atom stereocenters. The molecule has 2 aliphatic rings. The van der Waals surface area contributed by atoms with E-state index in [1.54, 1.807) is 0 Å². The van der Waals surface area contributed by atoms with Gasteiger partial charge in [0.1, 0.15) is 10.6 Å². The minimum atomic E-state index is -5.81. The van der Waals surface area contributed by atoms with E-state index in [9.17, 15) is 26.9 Å². The number of benzene rings is 1. The van der Waals surface area contributed by atoms with Crippen LogP contribution in [0.1, 0.15) is 40.9 Å². The molecule has 0 bridgehead atoms. The van der Waals surface area contributed by atoms with Crippen LogP contribution in [0.15, 0.2) is 16.6 Å². The highest BCUT2D eigenvalue weighted by atomic mass is 79.9. The van der Waals surface area contributed by atoms with E-state index in [1.807, 2.05) is 0 Å². The van der Waals surface area contributed by atoms with E-state index < -0.39 is 30.0 Å². The van der Waals surface area contributed by atoms with Crippen LogP contribution < -0.4 is 10.5 Å². The fourth-order valence-electron chi connectivity index (χ4n) is 4.54. The summed E-state index contributed by atoms with van der Waals surface area (Å²) in [4.78, 5) is 28.9. The van der Waals surface area contributed by atoms with Crippen molar-refractivity contribution in [1.82, 2.24) is 0 Å². The molecule has 1 heterocycles. The Hall–Kier alpha value is -1.20. The molecule has 13 heteroatoms. The Morgan fingerprint density at radius 1 is 1.32 bits per heavy atom. The van der Waals surface area contributed by atoms with Crippen LogP contribution in [0.3, 0.4) is 0 Å². The Kier molecular flexibility index (Phi) is 5.30. The first-order chi connectivity index (χ1) is 14.1. The number of thiophene rings is 1. The van der Waals surface area contributed by atoms with Gasteiger partial charge >= 0.3 is 13.3 Å². The summed E-state index contributed by atoms with van der Waals surface area (Å²) in [5.41, 5.74) is 0.480. The number of alkyl halides is 4. The highest BCUT2D eigenvalue weighted by Crippen LogP contribution is 2.65. The van der Waals surface area contributed by atoms with Gasteiger partial charge in [-0.15, -0.1) is 11.3 Å². The molecular formula is C18H17BrF4NO5PS. The number of carbonyl (C=O) groups excluding carboxylic acids is 1. The highest BCUT2D eigenvalue weighted by Gasteiger charge is 2.61. The van der Waals surface area contributed by atoms with Crippen molar-refractivity contribution < 1.29 is 41.4 Å². The van der Waals surface area contributed by atoms with Crippen molar-refractivity contribution in [3.63, 3.8) is 0 Å². The lowest BCUT2D eigenvalue weighted by molar-refractivity contribution is -0.209. The summed E-state index contributed by atoms with van der Waals surface area (Å²) in [6.45, 7) is 0.129. The molecule has 0 radical (unpaired) electrons. The number of nitrogens with two attached hydrogens (primary N) is 1. The first-order valence-electron chi connectivity index (χ1n) is 9.15. The van der Waals surface area contributed by atoms with Crippen molar-refractivity contribution in [3.05, 3.63) is 27.0 Å². The molecule has 0 unspecified atom stereocenters. The number of rotatable bonds is 6. The van der Waals surface area contributed by atoms with Crippen LogP contribution in [-0.4, -0.2) is 28.2 Å². The molecule has 170 valence electrons. The van der Waals surface area contributed by atoms with Crippen molar-refractivity contribution in [2.45, 2.75) is 37.3 Å². The molecule has 0 aliphatic heterocycles. The summed E-state index contributed by atoms with van der Waals surface area (Å²) in [5.74, 6) is -3.39. The van der Waals surface area contributed by atoms with E-state index in [-0.39, 0.29) is 56.7 Å². The van der Waals surface area contributed by atoms with Crippen molar-refractivity contribution in [2.75, 3.05) is 6.61 Å². The van der Waals surface area contributed by atoms with E-state index in [4.69, 9.17) is 20.3 Å². The molecule has 2 aromatic rings. The van der Waals surface area contributed by atoms with Gasteiger partial charge in [0.05, 0.1) is 11.3 Å². The highest BCUT2D eigenvalue weighted by molar-refractivity contribution is 9.10. The SMILES string of the molecule is NC(=O)c1cc(OCC2CC3(C2)CC(F)(F)C3)c2sc(C(F)(F)P(=O)(O)O)c(Br)c2c1. The number of primary amides is 1. The van der Waals surface area contributed by atoms with E-state index in [0.717, 1.165) is 0 Å². The maximum atomic E-state index is 14.3. The number of amides is 1. The van der Waals surface area contributed by atoms with E-state index in [1.165, 1.54) is 12.1 Å². The van der Waals surface area contributed by atoms with Crippen LogP contribution in [0.25, 0.3) is 10.1 Å². The lowest BCUT2D eigenvalue weighted by Crippen LogP contribution is -2.54. The number of ether oxygens (including phenoxy) is 1. The van der Waals surface area contributed by atoms with Crippen molar-refractivity contribution in [2.24, 2.45) is 17.1 Å². The summed E-state index contributed by atoms with van der Waals surface area (Å²) in [6, 6.07) is 2.51. The second kappa shape index (κ2) is 7.15. The number of fused-ring (bicyclic) bond motifs is 1. The zero-order chi connectivity index (χ0) is 23.0. The fourth-order valence-corrected chi connectivity index (χ4v) is 7.51. The van der Waals surface area contributed by atoms with Gasteiger partial charge in [0.15, 0.2) is 0 Å². The average molecular weight is 546 g/mol. The third-order valence-corrected chi connectivity index (χ3v) is 9.29. The first-order valence-corrected chi connectivity index (χ1v) is 12.4. The molecule has 2 saturated carbocycles. The van der Waals surface area contributed by atoms with Crippen LogP contribution in [0.2, 0.25) is 0 Å². The Labute approximate surface area is 186 Å². The molecule has 2 aliphatic carbocycles. The molecule has 6 nitrogen and oxygen atoms in total. The average Bonchev–Trinajstić information content (AvgIpc) is 2.92. The predicted octanol–water partition coefficient (Wildman–Crippen LogP) is 5.19. The molecule has 4 N–H and O–H groups in total. The Morgan fingerprint density at radius 3 is 2.45 bits per heavy atom. The summed E-state index contributed by atoms with van der Waals surface area (Å²) in [7, 11) is -5.81. The lowest BCUT2D eigenvalue weighted by Gasteiger charge is -2.57. The summed E-state index contributed by atoms with van der Waals surface area (Å²) < 4.78 is 72.0. The minimum Gasteiger partial charge on any atom is -0.492 e. The number of carbonyl (C=O) groups is 1. The lowest BCUT2D eigenvalue weighted by atomic mass is 9.50. The van der Waals surface area contributed by atoms with Gasteiger partial charge in [-0.1, -0.05) is 0 Å². The van der Waals surface area contributed by atoms with Gasteiger partial charge in [0.25, 0.3) is 0 Å². The van der Waals surface area contributed by atoms with E-state index >= 15 is 0 Å².